The van der Waals surface area contributed by atoms with E-state index in [1.807, 2.05) is 44.2 Å². The minimum atomic E-state index is -0.509. The highest BCUT2D eigenvalue weighted by Gasteiger charge is 2.26. The molecule has 5 heteroatoms. The highest BCUT2D eigenvalue weighted by atomic mass is 32.2. The van der Waals surface area contributed by atoms with E-state index in [4.69, 9.17) is 0 Å². The maximum absolute atomic E-state index is 12.0. The topological polar surface area (TPSA) is 61.7 Å². The number of hydrogen-bond acceptors (Lipinski definition) is 4. The molecule has 2 rings (SSSR count). The molecule has 1 aromatic carbocycles. The quantitative estimate of drug-likeness (QED) is 0.868. The van der Waals surface area contributed by atoms with Gasteiger partial charge in [0.15, 0.2) is 0 Å². The maximum atomic E-state index is 12.0. The summed E-state index contributed by atoms with van der Waals surface area (Å²) in [5.74, 6) is 0.688. The van der Waals surface area contributed by atoms with Crippen LogP contribution < -0.4 is 5.32 Å². The van der Waals surface area contributed by atoms with Crippen molar-refractivity contribution in [2.75, 3.05) is 12.3 Å². The molecule has 1 heterocycles. The molecule has 0 fully saturated rings. The number of nitrogens with zero attached hydrogens (tertiary/aromatic N) is 1. The second-order valence-electron chi connectivity index (χ2n) is 5.18. The minimum Gasteiger partial charge on any atom is -0.391 e. The van der Waals surface area contributed by atoms with E-state index >= 15 is 0 Å². The Bertz CT molecular complexity index is 488. The van der Waals surface area contributed by atoms with Crippen molar-refractivity contribution in [2.24, 2.45) is 10.9 Å². The molecule has 0 aromatic heterocycles. The fraction of sp³-hybridized carbons (Fsp3) is 0.467. The molecule has 1 aliphatic heterocycles. The zero-order valence-corrected chi connectivity index (χ0v) is 12.6. The van der Waals surface area contributed by atoms with Gasteiger partial charge in [0.05, 0.1) is 11.1 Å². The molecule has 0 saturated heterocycles. The average Bonchev–Trinajstić information content (AvgIpc) is 2.95. The number of rotatable bonds is 5. The highest BCUT2D eigenvalue weighted by Crippen LogP contribution is 2.23. The second-order valence-corrected chi connectivity index (χ2v) is 6.19. The third-order valence-corrected chi connectivity index (χ3v) is 4.33. The fourth-order valence-corrected chi connectivity index (χ4v) is 2.85. The molecule has 2 unspecified atom stereocenters. The van der Waals surface area contributed by atoms with Gasteiger partial charge >= 0.3 is 0 Å². The molecule has 1 aliphatic rings. The molecule has 1 aromatic rings. The molecule has 0 radical (unpaired) electrons. The van der Waals surface area contributed by atoms with E-state index in [0.29, 0.717) is 5.75 Å². The minimum absolute atomic E-state index is 0.108. The summed E-state index contributed by atoms with van der Waals surface area (Å²) in [4.78, 5) is 16.5. The van der Waals surface area contributed by atoms with Crippen LogP contribution in [0.1, 0.15) is 19.4 Å². The summed E-state index contributed by atoms with van der Waals surface area (Å²) >= 11 is 1.60. The van der Waals surface area contributed by atoms with Crippen molar-refractivity contribution < 1.29 is 9.90 Å². The van der Waals surface area contributed by atoms with E-state index in [1.54, 1.807) is 11.8 Å². The second kappa shape index (κ2) is 6.90. The van der Waals surface area contributed by atoms with E-state index in [-0.39, 0.29) is 24.4 Å². The van der Waals surface area contributed by atoms with Crippen LogP contribution in [-0.2, 0) is 4.79 Å². The number of thioether (sulfide) groups is 1. The van der Waals surface area contributed by atoms with Crippen molar-refractivity contribution >= 4 is 22.7 Å². The van der Waals surface area contributed by atoms with Crippen LogP contribution in [0.25, 0.3) is 0 Å². The first kappa shape index (κ1) is 15.1. The van der Waals surface area contributed by atoms with Crippen LogP contribution >= 0.6 is 11.8 Å². The zero-order valence-electron chi connectivity index (χ0n) is 11.7. The summed E-state index contributed by atoms with van der Waals surface area (Å²) in [6.45, 7) is 4.13. The zero-order chi connectivity index (χ0) is 14.5. The number of carbonyl (C=O) groups is 1. The van der Waals surface area contributed by atoms with Crippen molar-refractivity contribution in [3.63, 3.8) is 0 Å². The number of nitrogens with one attached hydrogen (secondary N) is 1. The molecular formula is C15H20N2O2S. The lowest BCUT2D eigenvalue weighted by atomic mass is 10.1. The van der Waals surface area contributed by atoms with Crippen molar-refractivity contribution in [1.29, 1.82) is 0 Å². The van der Waals surface area contributed by atoms with Crippen molar-refractivity contribution in [3.05, 3.63) is 35.9 Å². The molecule has 0 bridgehead atoms. The highest BCUT2D eigenvalue weighted by molar-refractivity contribution is 8.14. The Kier molecular flexibility index (Phi) is 5.20. The van der Waals surface area contributed by atoms with E-state index in [1.165, 1.54) is 0 Å². The summed E-state index contributed by atoms with van der Waals surface area (Å²) < 4.78 is 0. The maximum Gasteiger partial charge on any atom is 0.245 e. The van der Waals surface area contributed by atoms with Crippen LogP contribution in [0.5, 0.6) is 0 Å². The van der Waals surface area contributed by atoms with Gasteiger partial charge in [0, 0.05) is 17.9 Å². The third kappa shape index (κ3) is 3.84. The van der Waals surface area contributed by atoms with Crippen LogP contribution in [0, 0.1) is 5.92 Å². The molecule has 2 atom stereocenters. The molecule has 0 spiro atoms. The molecule has 2 N–H and O–H groups in total. The smallest absolute Gasteiger partial charge is 0.245 e. The molecule has 0 aliphatic carbocycles. The summed E-state index contributed by atoms with van der Waals surface area (Å²) in [6.07, 6.45) is -0.509. The van der Waals surface area contributed by atoms with E-state index in [0.717, 1.165) is 10.6 Å². The van der Waals surface area contributed by atoms with Gasteiger partial charge in [-0.1, -0.05) is 44.2 Å². The molecule has 4 nitrogen and oxygen atoms in total. The first-order valence-corrected chi connectivity index (χ1v) is 7.78. The van der Waals surface area contributed by atoms with Gasteiger partial charge in [-0.2, -0.15) is 0 Å². The van der Waals surface area contributed by atoms with Crippen LogP contribution in [0.3, 0.4) is 0 Å². The molecule has 108 valence electrons. The van der Waals surface area contributed by atoms with E-state index in [9.17, 15) is 9.90 Å². The molecule has 1 amide bonds. The standard InChI is InChI=1S/C15H20N2O2S/c1-10(2)13(18)8-16-14(19)12-9-20-15(17-12)11-6-4-3-5-7-11/h3-7,10,12-13,18H,8-9H2,1-2H3,(H,16,19). The molecule has 0 saturated carbocycles. The number of carbonyl (C=O) groups excluding carboxylic acids is 1. The van der Waals surface area contributed by atoms with Gasteiger partial charge < -0.3 is 10.4 Å². The van der Waals surface area contributed by atoms with E-state index in [2.05, 4.69) is 10.3 Å². The summed E-state index contributed by atoms with van der Waals surface area (Å²) in [5.41, 5.74) is 1.05. The first-order chi connectivity index (χ1) is 9.58. The van der Waals surface area contributed by atoms with Crippen LogP contribution in [0.2, 0.25) is 0 Å². The number of hydrogen-bond donors (Lipinski definition) is 2. The van der Waals surface area contributed by atoms with Gasteiger partial charge in [-0.05, 0) is 5.92 Å². The van der Waals surface area contributed by atoms with Gasteiger partial charge in [-0.25, -0.2) is 0 Å². The monoisotopic (exact) mass is 292 g/mol. The van der Waals surface area contributed by atoms with Crippen LogP contribution in [-0.4, -0.2) is 40.5 Å². The lowest BCUT2D eigenvalue weighted by Crippen LogP contribution is -2.40. The third-order valence-electron chi connectivity index (χ3n) is 3.23. The number of benzene rings is 1. The van der Waals surface area contributed by atoms with Gasteiger partial charge in [-0.3, -0.25) is 9.79 Å². The Morgan fingerprint density at radius 3 is 2.80 bits per heavy atom. The predicted octanol–water partition coefficient (Wildman–Crippen LogP) is 1.68. The molecule has 20 heavy (non-hydrogen) atoms. The normalized spacial score (nSPS) is 19.8. The van der Waals surface area contributed by atoms with Crippen LogP contribution in [0.4, 0.5) is 0 Å². The Morgan fingerprint density at radius 2 is 2.15 bits per heavy atom. The Labute approximate surface area is 123 Å². The largest absolute Gasteiger partial charge is 0.391 e. The Balaban J connectivity index is 1.91. The summed E-state index contributed by atoms with van der Waals surface area (Å²) in [7, 11) is 0. The van der Waals surface area contributed by atoms with Gasteiger partial charge in [0.1, 0.15) is 6.04 Å². The van der Waals surface area contributed by atoms with E-state index < -0.39 is 6.10 Å². The summed E-state index contributed by atoms with van der Waals surface area (Å²) in [6, 6.07) is 9.52. The van der Waals surface area contributed by atoms with Gasteiger partial charge in [0.25, 0.3) is 0 Å². The molecular weight excluding hydrogens is 272 g/mol. The lowest BCUT2D eigenvalue weighted by Gasteiger charge is -2.16. The van der Waals surface area contributed by atoms with Crippen LogP contribution in [0.15, 0.2) is 35.3 Å². The fourth-order valence-electron chi connectivity index (χ4n) is 1.81. The van der Waals surface area contributed by atoms with Gasteiger partial charge in [0.2, 0.25) is 5.91 Å². The van der Waals surface area contributed by atoms with Crippen molar-refractivity contribution in [3.8, 4) is 0 Å². The first-order valence-electron chi connectivity index (χ1n) is 6.79. The Morgan fingerprint density at radius 1 is 1.45 bits per heavy atom. The number of aliphatic hydroxyl groups excluding tert-OH is 1. The Hall–Kier alpha value is -1.33. The van der Waals surface area contributed by atoms with Gasteiger partial charge in [-0.15, -0.1) is 11.8 Å². The SMILES string of the molecule is CC(C)C(O)CNC(=O)C1CSC(c2ccccc2)=N1. The summed E-state index contributed by atoms with van der Waals surface area (Å²) in [5, 5.41) is 13.4. The number of aliphatic hydroxyl groups is 1. The lowest BCUT2D eigenvalue weighted by molar-refractivity contribution is -0.122. The average molecular weight is 292 g/mol. The number of amides is 1. The predicted molar refractivity (Wildman–Crippen MR) is 83.1 cm³/mol. The van der Waals surface area contributed by atoms with Crippen molar-refractivity contribution in [1.82, 2.24) is 5.32 Å². The number of aliphatic imine (C=N–C) groups is 1. The van der Waals surface area contributed by atoms with Crippen molar-refractivity contribution in [2.45, 2.75) is 26.0 Å².